The Morgan fingerprint density at radius 3 is 2.77 bits per heavy atom. The molecule has 2 aliphatic rings. The lowest BCUT2D eigenvalue weighted by Gasteiger charge is -2.32. The largest absolute Gasteiger partial charge is 0.486 e. The summed E-state index contributed by atoms with van der Waals surface area (Å²) in [5.41, 5.74) is 13.1. The number of amides is 1. The van der Waals surface area contributed by atoms with Gasteiger partial charge in [-0.3, -0.25) is 4.79 Å². The summed E-state index contributed by atoms with van der Waals surface area (Å²) >= 11 is 6.27. The molecule has 2 heterocycles. The second-order valence-corrected chi connectivity index (χ2v) is 8.30. The van der Waals surface area contributed by atoms with Gasteiger partial charge in [-0.05, 0) is 52.3 Å². The van der Waals surface area contributed by atoms with E-state index in [9.17, 15) is 4.79 Å². The highest BCUT2D eigenvalue weighted by molar-refractivity contribution is 6.33. The molecule has 5 N–H and O–H groups in total. The number of nitrogens with one attached hydrogen (secondary N) is 1. The molecular weight excluding hydrogens is 352 g/mol. The third-order valence-electron chi connectivity index (χ3n) is 5.20. The molecule has 0 spiro atoms. The highest BCUT2D eigenvalue weighted by Gasteiger charge is 2.36. The number of carbonyl (C=O) groups excluding carboxylic acids is 1. The summed E-state index contributed by atoms with van der Waals surface area (Å²) in [6.45, 7) is 7.68. The summed E-state index contributed by atoms with van der Waals surface area (Å²) < 4.78 is 6.01. The van der Waals surface area contributed by atoms with E-state index < -0.39 is 0 Å². The first-order valence-electron chi connectivity index (χ1n) is 9.34. The van der Waals surface area contributed by atoms with Gasteiger partial charge in [0.2, 0.25) is 0 Å². The molecule has 1 aromatic carbocycles. The van der Waals surface area contributed by atoms with E-state index >= 15 is 0 Å². The van der Waals surface area contributed by atoms with E-state index in [4.69, 9.17) is 27.8 Å². The highest BCUT2D eigenvalue weighted by atomic mass is 35.5. The zero-order valence-electron chi connectivity index (χ0n) is 15.6. The number of hydrogen-bond acceptors (Lipinski definition) is 5. The summed E-state index contributed by atoms with van der Waals surface area (Å²) in [5, 5.41) is 3.55. The molecule has 26 heavy (non-hydrogen) atoms. The van der Waals surface area contributed by atoms with Crippen LogP contribution in [0.1, 0.15) is 49.0 Å². The summed E-state index contributed by atoms with van der Waals surface area (Å²) in [6, 6.07) is 1.79. The van der Waals surface area contributed by atoms with Crippen LogP contribution < -0.4 is 21.5 Å². The second kappa shape index (κ2) is 7.62. The number of nitrogens with zero attached hydrogens (tertiary/aromatic N) is 1. The zero-order valence-corrected chi connectivity index (χ0v) is 16.4. The summed E-state index contributed by atoms with van der Waals surface area (Å²) in [6.07, 6.45) is 3.54. The van der Waals surface area contributed by atoms with Crippen molar-refractivity contribution in [3.8, 4) is 5.75 Å². The van der Waals surface area contributed by atoms with Crippen LogP contribution >= 0.6 is 11.6 Å². The number of nitrogen functional groups attached to an aromatic ring is 1. The van der Waals surface area contributed by atoms with Gasteiger partial charge in [-0.2, -0.15) is 0 Å². The Balaban J connectivity index is 1.68. The van der Waals surface area contributed by atoms with Crippen LogP contribution in [0.5, 0.6) is 5.75 Å². The van der Waals surface area contributed by atoms with Crippen molar-refractivity contribution in [3.63, 3.8) is 0 Å². The Morgan fingerprint density at radius 1 is 1.42 bits per heavy atom. The van der Waals surface area contributed by atoms with Gasteiger partial charge in [0.15, 0.2) is 0 Å². The molecule has 0 aromatic heterocycles. The van der Waals surface area contributed by atoms with E-state index in [1.54, 1.807) is 6.07 Å². The van der Waals surface area contributed by atoms with E-state index in [0.29, 0.717) is 28.4 Å². The van der Waals surface area contributed by atoms with Gasteiger partial charge in [-0.25, -0.2) is 0 Å². The lowest BCUT2D eigenvalue weighted by molar-refractivity contribution is 0.0898. The van der Waals surface area contributed by atoms with Crippen molar-refractivity contribution >= 4 is 23.2 Å². The maximum absolute atomic E-state index is 12.9. The third-order valence-corrected chi connectivity index (χ3v) is 5.51. The Morgan fingerprint density at radius 2 is 2.12 bits per heavy atom. The Kier molecular flexibility index (Phi) is 5.65. The molecule has 7 heteroatoms. The number of ether oxygens (including phenoxy) is 1. The molecule has 2 aliphatic heterocycles. The Hall–Kier alpha value is -1.50. The van der Waals surface area contributed by atoms with Crippen LogP contribution in [0.3, 0.4) is 0 Å². The summed E-state index contributed by atoms with van der Waals surface area (Å²) in [5.74, 6) is 0.441. The maximum Gasteiger partial charge on any atom is 0.255 e. The Labute approximate surface area is 160 Å². The standard InChI is InChI=1S/C19H29ClN4O2/c1-19(2)11-14-16(22)15(20)10-13(17(14)26-19)18(25)23-12-4-8-24(9-5-12)7-3-6-21/h10,12H,3-9,11,21-22H2,1-2H3,(H,23,25). The van der Waals surface area contributed by atoms with Gasteiger partial charge >= 0.3 is 0 Å². The predicted octanol–water partition coefficient (Wildman–Crippen LogP) is 2.18. The van der Waals surface area contributed by atoms with Crippen molar-refractivity contribution in [2.24, 2.45) is 5.73 Å². The van der Waals surface area contributed by atoms with Crippen LogP contribution in [0.4, 0.5) is 5.69 Å². The predicted molar refractivity (Wildman–Crippen MR) is 105 cm³/mol. The lowest BCUT2D eigenvalue weighted by Crippen LogP contribution is -2.45. The number of piperidine rings is 1. The first-order chi connectivity index (χ1) is 12.3. The molecule has 144 valence electrons. The van der Waals surface area contributed by atoms with Crippen molar-refractivity contribution in [1.82, 2.24) is 10.2 Å². The molecule has 1 fully saturated rings. The monoisotopic (exact) mass is 380 g/mol. The van der Waals surface area contributed by atoms with Gasteiger partial charge < -0.3 is 26.4 Å². The maximum atomic E-state index is 12.9. The molecule has 1 aromatic rings. The van der Waals surface area contributed by atoms with E-state index in [1.807, 2.05) is 13.8 Å². The van der Waals surface area contributed by atoms with E-state index in [0.717, 1.165) is 51.0 Å². The van der Waals surface area contributed by atoms with E-state index in [2.05, 4.69) is 10.2 Å². The quantitative estimate of drug-likeness (QED) is 0.681. The molecule has 0 unspecified atom stereocenters. The fraction of sp³-hybridized carbons (Fsp3) is 0.632. The number of likely N-dealkylation sites (tertiary alicyclic amines) is 1. The van der Waals surface area contributed by atoms with E-state index in [-0.39, 0.29) is 17.6 Å². The molecular formula is C19H29ClN4O2. The van der Waals surface area contributed by atoms with Crippen LogP contribution in [0.25, 0.3) is 0 Å². The number of carbonyl (C=O) groups is 1. The number of hydrogen-bond donors (Lipinski definition) is 3. The number of fused-ring (bicyclic) bond motifs is 1. The molecule has 0 aliphatic carbocycles. The molecule has 0 atom stereocenters. The normalized spacial score (nSPS) is 19.8. The molecule has 6 nitrogen and oxygen atoms in total. The highest BCUT2D eigenvalue weighted by Crippen LogP contribution is 2.44. The van der Waals surface area contributed by atoms with Gasteiger partial charge in [0.25, 0.3) is 5.91 Å². The van der Waals surface area contributed by atoms with Gasteiger partial charge in [-0.15, -0.1) is 0 Å². The average Bonchev–Trinajstić information content (AvgIpc) is 2.93. The van der Waals surface area contributed by atoms with Crippen LogP contribution in [-0.2, 0) is 6.42 Å². The number of halogens is 1. The van der Waals surface area contributed by atoms with Crippen LogP contribution in [-0.4, -0.2) is 48.6 Å². The molecule has 3 rings (SSSR count). The summed E-state index contributed by atoms with van der Waals surface area (Å²) in [7, 11) is 0. The minimum Gasteiger partial charge on any atom is -0.486 e. The minimum atomic E-state index is -0.384. The first kappa shape index (κ1) is 19.3. The third kappa shape index (κ3) is 4.08. The van der Waals surface area contributed by atoms with Crippen LogP contribution in [0.15, 0.2) is 6.07 Å². The topological polar surface area (TPSA) is 93.6 Å². The number of rotatable bonds is 5. The lowest BCUT2D eigenvalue weighted by atomic mass is 9.98. The fourth-order valence-corrected chi connectivity index (χ4v) is 4.00. The molecule has 0 bridgehead atoms. The number of nitrogens with two attached hydrogens (primary N) is 2. The molecule has 1 amide bonds. The van der Waals surface area contributed by atoms with Crippen molar-refractivity contribution in [2.75, 3.05) is 31.9 Å². The first-order valence-corrected chi connectivity index (χ1v) is 9.71. The number of anilines is 1. The van der Waals surface area contributed by atoms with Crippen molar-refractivity contribution in [3.05, 3.63) is 22.2 Å². The second-order valence-electron chi connectivity index (χ2n) is 7.90. The summed E-state index contributed by atoms with van der Waals surface area (Å²) in [4.78, 5) is 15.3. The smallest absolute Gasteiger partial charge is 0.255 e. The van der Waals surface area contributed by atoms with Crippen molar-refractivity contribution in [1.29, 1.82) is 0 Å². The van der Waals surface area contributed by atoms with Gasteiger partial charge in [0.05, 0.1) is 16.3 Å². The van der Waals surface area contributed by atoms with Gasteiger partial charge in [0.1, 0.15) is 11.4 Å². The average molecular weight is 381 g/mol. The fourth-order valence-electron chi connectivity index (χ4n) is 3.78. The van der Waals surface area contributed by atoms with E-state index in [1.165, 1.54) is 0 Å². The SMILES string of the molecule is CC1(C)Cc2c(N)c(Cl)cc(C(=O)NC3CCN(CCCN)CC3)c2O1. The Bertz CT molecular complexity index is 685. The van der Waals surface area contributed by atoms with Gasteiger partial charge in [-0.1, -0.05) is 11.6 Å². The van der Waals surface area contributed by atoms with Crippen molar-refractivity contribution in [2.45, 2.75) is 51.2 Å². The molecule has 0 saturated carbocycles. The molecule has 1 saturated heterocycles. The zero-order chi connectivity index (χ0) is 18.9. The van der Waals surface area contributed by atoms with Crippen LogP contribution in [0.2, 0.25) is 5.02 Å². The molecule has 0 radical (unpaired) electrons. The van der Waals surface area contributed by atoms with Gasteiger partial charge in [0, 0.05) is 31.1 Å². The minimum absolute atomic E-state index is 0.138. The van der Waals surface area contributed by atoms with Crippen LogP contribution in [0, 0.1) is 0 Å². The van der Waals surface area contributed by atoms with Crippen molar-refractivity contribution < 1.29 is 9.53 Å². The number of benzene rings is 1.